The lowest BCUT2D eigenvalue weighted by molar-refractivity contribution is 0.0896. The fourth-order valence-electron chi connectivity index (χ4n) is 3.25. The highest BCUT2D eigenvalue weighted by Crippen LogP contribution is 2.25. The quantitative estimate of drug-likeness (QED) is 0.759. The average molecular weight is 255 g/mol. The van der Waals surface area contributed by atoms with Crippen molar-refractivity contribution in [3.8, 4) is 0 Å². The zero-order chi connectivity index (χ0) is 13.0. The van der Waals surface area contributed by atoms with Gasteiger partial charge in [0.25, 0.3) is 0 Å². The number of hydrogen-bond donors (Lipinski definition) is 1. The molecule has 2 rings (SSSR count). The molecule has 0 saturated carbocycles. The molecule has 0 aromatic rings. The number of aliphatic hydroxyl groups excluding tert-OH is 1. The van der Waals surface area contributed by atoms with Crippen LogP contribution >= 0.6 is 0 Å². The first-order valence-electron chi connectivity index (χ1n) is 7.47. The van der Waals surface area contributed by atoms with Gasteiger partial charge in [0.15, 0.2) is 0 Å². The lowest BCUT2D eigenvalue weighted by Gasteiger charge is -2.35. The van der Waals surface area contributed by atoms with Gasteiger partial charge in [0.2, 0.25) is 0 Å². The molecule has 2 heterocycles. The summed E-state index contributed by atoms with van der Waals surface area (Å²) in [4.78, 5) is 7.44. The van der Waals surface area contributed by atoms with Crippen LogP contribution in [0.15, 0.2) is 0 Å². The molecule has 0 spiro atoms. The molecule has 106 valence electrons. The van der Waals surface area contributed by atoms with Crippen LogP contribution in [-0.4, -0.2) is 85.8 Å². The van der Waals surface area contributed by atoms with Crippen LogP contribution in [0.4, 0.5) is 0 Å². The molecule has 2 aliphatic heterocycles. The van der Waals surface area contributed by atoms with Crippen LogP contribution < -0.4 is 0 Å². The molecule has 2 unspecified atom stereocenters. The Morgan fingerprint density at radius 2 is 1.83 bits per heavy atom. The minimum Gasteiger partial charge on any atom is -0.396 e. The second-order valence-corrected chi connectivity index (χ2v) is 5.99. The van der Waals surface area contributed by atoms with E-state index in [2.05, 4.69) is 28.7 Å². The molecule has 0 radical (unpaired) electrons. The molecule has 2 fully saturated rings. The maximum Gasteiger partial charge on any atom is 0.0474 e. The summed E-state index contributed by atoms with van der Waals surface area (Å²) in [6.07, 6.45) is 1.27. The van der Waals surface area contributed by atoms with Crippen molar-refractivity contribution >= 4 is 0 Å². The summed E-state index contributed by atoms with van der Waals surface area (Å²) < 4.78 is 0. The van der Waals surface area contributed by atoms with Crippen LogP contribution in [-0.2, 0) is 0 Å². The maximum absolute atomic E-state index is 9.67. The number of nitrogens with zero attached hydrogens (tertiary/aromatic N) is 3. The molecular weight excluding hydrogens is 226 g/mol. The zero-order valence-electron chi connectivity index (χ0n) is 12.0. The summed E-state index contributed by atoms with van der Waals surface area (Å²) in [6.45, 7) is 11.9. The monoisotopic (exact) mass is 255 g/mol. The van der Waals surface area contributed by atoms with Crippen molar-refractivity contribution in [2.75, 3.05) is 66.0 Å². The summed E-state index contributed by atoms with van der Waals surface area (Å²) in [7, 11) is 2.19. The van der Waals surface area contributed by atoms with Gasteiger partial charge in [-0.25, -0.2) is 0 Å². The molecule has 0 aromatic heterocycles. The summed E-state index contributed by atoms with van der Waals surface area (Å²) in [5, 5.41) is 9.67. The maximum atomic E-state index is 9.67. The Morgan fingerprint density at radius 1 is 1.11 bits per heavy atom. The van der Waals surface area contributed by atoms with Gasteiger partial charge < -0.3 is 19.8 Å². The second kappa shape index (κ2) is 6.85. The van der Waals surface area contributed by atoms with Gasteiger partial charge in [0.05, 0.1) is 0 Å². The molecule has 2 aliphatic rings. The summed E-state index contributed by atoms with van der Waals surface area (Å²) >= 11 is 0. The van der Waals surface area contributed by atoms with Crippen LogP contribution in [0.1, 0.15) is 13.3 Å². The lowest BCUT2D eigenvalue weighted by atomic mass is 9.91. The molecular formula is C14H29N3O. The van der Waals surface area contributed by atoms with Crippen LogP contribution in [0.25, 0.3) is 0 Å². The van der Waals surface area contributed by atoms with Crippen molar-refractivity contribution in [3.05, 3.63) is 0 Å². The van der Waals surface area contributed by atoms with Crippen molar-refractivity contribution in [2.24, 2.45) is 11.8 Å². The smallest absolute Gasteiger partial charge is 0.0474 e. The third kappa shape index (κ3) is 3.67. The first-order chi connectivity index (χ1) is 8.72. The predicted octanol–water partition coefficient (Wildman–Crippen LogP) is 0.184. The summed E-state index contributed by atoms with van der Waals surface area (Å²) in [5.41, 5.74) is 0. The summed E-state index contributed by atoms with van der Waals surface area (Å²) in [5.74, 6) is 1.18. The Bertz CT molecular complexity index is 241. The van der Waals surface area contributed by atoms with Gasteiger partial charge in [0, 0.05) is 45.9 Å². The van der Waals surface area contributed by atoms with E-state index in [0.29, 0.717) is 18.4 Å². The predicted molar refractivity (Wildman–Crippen MR) is 74.7 cm³/mol. The Balaban J connectivity index is 1.78. The van der Waals surface area contributed by atoms with E-state index < -0.39 is 0 Å². The number of piperazine rings is 1. The Hall–Kier alpha value is -0.160. The van der Waals surface area contributed by atoms with E-state index >= 15 is 0 Å². The number of rotatable bonds is 5. The van der Waals surface area contributed by atoms with E-state index in [1.165, 1.54) is 32.6 Å². The molecule has 0 bridgehead atoms. The van der Waals surface area contributed by atoms with Gasteiger partial charge in [-0.3, -0.25) is 0 Å². The summed E-state index contributed by atoms with van der Waals surface area (Å²) in [6, 6.07) is 0. The van der Waals surface area contributed by atoms with Crippen LogP contribution in [0, 0.1) is 11.8 Å². The van der Waals surface area contributed by atoms with E-state index in [4.69, 9.17) is 0 Å². The van der Waals surface area contributed by atoms with Crippen molar-refractivity contribution in [2.45, 2.75) is 13.3 Å². The third-order valence-corrected chi connectivity index (χ3v) is 4.75. The van der Waals surface area contributed by atoms with E-state index in [9.17, 15) is 5.11 Å². The molecule has 18 heavy (non-hydrogen) atoms. The van der Waals surface area contributed by atoms with E-state index in [1.54, 1.807) is 0 Å². The lowest BCUT2D eigenvalue weighted by Crippen LogP contribution is -2.47. The van der Waals surface area contributed by atoms with E-state index in [0.717, 1.165) is 26.2 Å². The molecule has 0 amide bonds. The fraction of sp³-hybridized carbons (Fsp3) is 1.00. The molecule has 0 aromatic carbocycles. The van der Waals surface area contributed by atoms with Gasteiger partial charge in [-0.2, -0.15) is 0 Å². The van der Waals surface area contributed by atoms with Crippen molar-refractivity contribution in [3.63, 3.8) is 0 Å². The van der Waals surface area contributed by atoms with Crippen LogP contribution in [0.5, 0.6) is 0 Å². The topological polar surface area (TPSA) is 30.0 Å². The SMILES string of the molecule is CCN1CCC(C(CO)CN2CCN(C)CC2)C1. The highest BCUT2D eigenvalue weighted by molar-refractivity contribution is 4.83. The zero-order valence-corrected chi connectivity index (χ0v) is 12.0. The number of hydrogen-bond acceptors (Lipinski definition) is 4. The van der Waals surface area contributed by atoms with Crippen molar-refractivity contribution in [1.29, 1.82) is 0 Å². The number of aliphatic hydroxyl groups is 1. The van der Waals surface area contributed by atoms with Crippen LogP contribution in [0.2, 0.25) is 0 Å². The largest absolute Gasteiger partial charge is 0.396 e. The highest BCUT2D eigenvalue weighted by atomic mass is 16.3. The second-order valence-electron chi connectivity index (χ2n) is 5.99. The highest BCUT2D eigenvalue weighted by Gasteiger charge is 2.30. The standard InChI is InChI=1S/C14H29N3O/c1-3-16-5-4-13(10-16)14(12-18)11-17-8-6-15(2)7-9-17/h13-14,18H,3-12H2,1-2H3. The van der Waals surface area contributed by atoms with Crippen LogP contribution in [0.3, 0.4) is 0 Å². The number of likely N-dealkylation sites (N-methyl/N-ethyl adjacent to an activating group) is 1. The fourth-order valence-corrected chi connectivity index (χ4v) is 3.25. The molecule has 4 heteroatoms. The first kappa shape index (κ1) is 14.3. The molecule has 4 nitrogen and oxygen atoms in total. The van der Waals surface area contributed by atoms with Gasteiger partial charge in [-0.15, -0.1) is 0 Å². The Morgan fingerprint density at radius 3 is 2.39 bits per heavy atom. The normalized spacial score (nSPS) is 29.8. The Labute approximate surface area is 112 Å². The van der Waals surface area contributed by atoms with Gasteiger partial charge >= 0.3 is 0 Å². The Kier molecular flexibility index (Phi) is 5.42. The molecule has 2 atom stereocenters. The minimum absolute atomic E-state index is 0.356. The molecule has 1 N–H and O–H groups in total. The molecule has 0 aliphatic carbocycles. The van der Waals surface area contributed by atoms with Crippen molar-refractivity contribution in [1.82, 2.24) is 14.7 Å². The van der Waals surface area contributed by atoms with Gasteiger partial charge in [-0.1, -0.05) is 6.92 Å². The minimum atomic E-state index is 0.356. The van der Waals surface area contributed by atoms with Crippen molar-refractivity contribution < 1.29 is 5.11 Å². The number of likely N-dealkylation sites (tertiary alicyclic amines) is 1. The van der Waals surface area contributed by atoms with E-state index in [1.807, 2.05) is 0 Å². The third-order valence-electron chi connectivity index (χ3n) is 4.75. The van der Waals surface area contributed by atoms with Gasteiger partial charge in [-0.05, 0) is 38.4 Å². The average Bonchev–Trinajstić information content (AvgIpc) is 2.87. The first-order valence-corrected chi connectivity index (χ1v) is 7.47. The van der Waals surface area contributed by atoms with E-state index in [-0.39, 0.29) is 0 Å². The van der Waals surface area contributed by atoms with Gasteiger partial charge in [0.1, 0.15) is 0 Å². The molecule has 2 saturated heterocycles.